The van der Waals surface area contributed by atoms with Gasteiger partial charge in [-0.2, -0.15) is 0 Å². The van der Waals surface area contributed by atoms with E-state index < -0.39 is 6.10 Å². The average molecular weight is 414 g/mol. The molecule has 0 saturated heterocycles. The van der Waals surface area contributed by atoms with Crippen LogP contribution in [0.4, 0.5) is 0 Å². The quantitative estimate of drug-likeness (QED) is 0.610. The van der Waals surface area contributed by atoms with E-state index in [9.17, 15) is 4.79 Å². The molecule has 2 aromatic rings. The number of hydrogen-bond acceptors (Lipinski definition) is 4. The average Bonchev–Trinajstić information content (AvgIpc) is 2.70. The number of carbonyl (C=O) groups excluding carboxylic acids is 1. The zero-order chi connectivity index (χ0) is 22.3. The van der Waals surface area contributed by atoms with Crippen LogP contribution < -0.4 is 19.5 Å². The topological polar surface area (TPSA) is 56.8 Å². The summed E-state index contributed by atoms with van der Waals surface area (Å²) in [4.78, 5) is 12.7. The molecule has 1 N–H and O–H groups in total. The maximum absolute atomic E-state index is 12.7. The predicted molar refractivity (Wildman–Crippen MR) is 120 cm³/mol. The fraction of sp³-hybridized carbons (Fsp3) is 0.480. The fourth-order valence-electron chi connectivity index (χ4n) is 3.00. The number of carbonyl (C=O) groups is 1. The molecule has 30 heavy (non-hydrogen) atoms. The molecule has 0 fully saturated rings. The largest absolute Gasteiger partial charge is 0.493 e. The molecule has 0 heterocycles. The van der Waals surface area contributed by atoms with Crippen LogP contribution in [-0.2, 0) is 16.8 Å². The highest BCUT2D eigenvalue weighted by molar-refractivity contribution is 5.81. The summed E-state index contributed by atoms with van der Waals surface area (Å²) in [6.45, 7) is 12.8. The molecule has 1 amide bonds. The van der Waals surface area contributed by atoms with Crippen molar-refractivity contribution < 1.29 is 19.0 Å². The van der Waals surface area contributed by atoms with Crippen molar-refractivity contribution in [3.63, 3.8) is 0 Å². The molecule has 1 atom stereocenters. The second kappa shape index (κ2) is 10.4. The summed E-state index contributed by atoms with van der Waals surface area (Å²) in [5, 5.41) is 2.96. The molecule has 2 rings (SSSR count). The van der Waals surface area contributed by atoms with Crippen molar-refractivity contribution in [1.82, 2.24) is 5.32 Å². The molecule has 0 aromatic heterocycles. The Bertz CT molecular complexity index is 822. The van der Waals surface area contributed by atoms with Crippen LogP contribution in [0.1, 0.15) is 59.1 Å². The fourth-order valence-corrected chi connectivity index (χ4v) is 3.00. The second-order valence-electron chi connectivity index (χ2n) is 8.66. The first kappa shape index (κ1) is 23.6. The van der Waals surface area contributed by atoms with E-state index >= 15 is 0 Å². The summed E-state index contributed by atoms with van der Waals surface area (Å²) in [5.74, 6) is 1.90. The van der Waals surface area contributed by atoms with E-state index in [0.717, 1.165) is 5.56 Å². The van der Waals surface area contributed by atoms with E-state index in [-0.39, 0.29) is 17.4 Å². The SMILES string of the molecule is CC[C@@H](Oc1ccc(C(C)(C)C)cc1)C(=O)NCc1ccc(OC(C)C)c(OC)c1. The molecular formula is C25H35NO4. The van der Waals surface area contributed by atoms with E-state index in [1.165, 1.54) is 5.56 Å². The number of amides is 1. The lowest BCUT2D eigenvalue weighted by Crippen LogP contribution is -2.37. The van der Waals surface area contributed by atoms with Crippen molar-refractivity contribution in [2.24, 2.45) is 0 Å². The van der Waals surface area contributed by atoms with Gasteiger partial charge in [-0.3, -0.25) is 4.79 Å². The van der Waals surface area contributed by atoms with Gasteiger partial charge in [0.2, 0.25) is 0 Å². The van der Waals surface area contributed by atoms with Gasteiger partial charge < -0.3 is 19.5 Å². The van der Waals surface area contributed by atoms with Gasteiger partial charge in [0, 0.05) is 6.54 Å². The van der Waals surface area contributed by atoms with Gasteiger partial charge in [0.15, 0.2) is 17.6 Å². The lowest BCUT2D eigenvalue weighted by molar-refractivity contribution is -0.128. The minimum absolute atomic E-state index is 0.0596. The zero-order valence-electron chi connectivity index (χ0n) is 19.2. The Kier molecular flexibility index (Phi) is 8.16. The molecule has 5 nitrogen and oxygen atoms in total. The maximum Gasteiger partial charge on any atom is 0.261 e. The lowest BCUT2D eigenvalue weighted by Gasteiger charge is -2.21. The third-order valence-electron chi connectivity index (χ3n) is 4.72. The van der Waals surface area contributed by atoms with Gasteiger partial charge in [0.25, 0.3) is 5.91 Å². The molecule has 0 saturated carbocycles. The maximum atomic E-state index is 12.7. The van der Waals surface area contributed by atoms with Crippen molar-refractivity contribution in [2.75, 3.05) is 7.11 Å². The monoisotopic (exact) mass is 413 g/mol. The number of methoxy groups -OCH3 is 1. The van der Waals surface area contributed by atoms with E-state index in [1.54, 1.807) is 7.11 Å². The summed E-state index contributed by atoms with van der Waals surface area (Å²) in [6.07, 6.45) is 0.0949. The molecule has 0 unspecified atom stereocenters. The Morgan fingerprint density at radius 3 is 2.20 bits per heavy atom. The molecule has 0 spiro atoms. The van der Waals surface area contributed by atoms with Crippen molar-refractivity contribution in [3.05, 3.63) is 53.6 Å². The van der Waals surface area contributed by atoms with Crippen molar-refractivity contribution in [1.29, 1.82) is 0 Å². The van der Waals surface area contributed by atoms with Crippen molar-refractivity contribution in [3.8, 4) is 17.2 Å². The van der Waals surface area contributed by atoms with Crippen LogP contribution in [0.3, 0.4) is 0 Å². The molecule has 5 heteroatoms. The Morgan fingerprint density at radius 2 is 1.67 bits per heavy atom. The highest BCUT2D eigenvalue weighted by atomic mass is 16.5. The van der Waals surface area contributed by atoms with Gasteiger partial charge in [-0.1, -0.05) is 45.9 Å². The van der Waals surface area contributed by atoms with E-state index in [0.29, 0.717) is 30.2 Å². The Labute approximate surface area is 180 Å². The van der Waals surface area contributed by atoms with Crippen molar-refractivity contribution in [2.45, 2.75) is 72.1 Å². The Balaban J connectivity index is 1.98. The highest BCUT2D eigenvalue weighted by Gasteiger charge is 2.19. The van der Waals surface area contributed by atoms with Gasteiger partial charge in [0.1, 0.15) is 5.75 Å². The van der Waals surface area contributed by atoms with Crippen molar-refractivity contribution >= 4 is 5.91 Å². The summed E-state index contributed by atoms with van der Waals surface area (Å²) in [5.41, 5.74) is 2.24. The van der Waals surface area contributed by atoms with Gasteiger partial charge in [-0.05, 0) is 61.1 Å². The van der Waals surface area contributed by atoms with Crippen LogP contribution in [0.25, 0.3) is 0 Å². The molecule has 2 aromatic carbocycles. The molecule has 0 bridgehead atoms. The molecular weight excluding hydrogens is 378 g/mol. The summed E-state index contributed by atoms with van der Waals surface area (Å²) < 4.78 is 17.1. The summed E-state index contributed by atoms with van der Waals surface area (Å²) >= 11 is 0. The lowest BCUT2D eigenvalue weighted by atomic mass is 9.87. The molecule has 0 aliphatic rings. The molecule has 164 valence electrons. The second-order valence-corrected chi connectivity index (χ2v) is 8.66. The molecule has 0 aliphatic carbocycles. The number of benzene rings is 2. The standard InChI is InChI=1S/C25H35NO4/c1-8-21(30-20-12-10-19(11-13-20)25(4,5)6)24(27)26-16-18-9-14-22(29-17(2)3)23(15-18)28-7/h9-15,17,21H,8,16H2,1-7H3,(H,26,27)/t21-/m1/s1. The first-order valence-corrected chi connectivity index (χ1v) is 10.5. The highest BCUT2D eigenvalue weighted by Crippen LogP contribution is 2.29. The van der Waals surface area contributed by atoms with Crippen LogP contribution in [0.15, 0.2) is 42.5 Å². The Morgan fingerprint density at radius 1 is 1.00 bits per heavy atom. The Hall–Kier alpha value is -2.69. The minimum Gasteiger partial charge on any atom is -0.493 e. The van der Waals surface area contributed by atoms with Gasteiger partial charge >= 0.3 is 0 Å². The van der Waals surface area contributed by atoms with Crippen LogP contribution in [0.5, 0.6) is 17.2 Å². The predicted octanol–water partition coefficient (Wildman–Crippen LogP) is 5.25. The van der Waals surface area contributed by atoms with E-state index in [4.69, 9.17) is 14.2 Å². The van der Waals surface area contributed by atoms with Gasteiger partial charge in [-0.25, -0.2) is 0 Å². The normalized spacial score (nSPS) is 12.4. The smallest absolute Gasteiger partial charge is 0.261 e. The van der Waals surface area contributed by atoms with Gasteiger partial charge in [0.05, 0.1) is 13.2 Å². The van der Waals surface area contributed by atoms with E-state index in [2.05, 4.69) is 26.1 Å². The number of ether oxygens (including phenoxy) is 3. The van der Waals surface area contributed by atoms with E-state index in [1.807, 2.05) is 63.2 Å². The number of hydrogen-bond donors (Lipinski definition) is 1. The first-order chi connectivity index (χ1) is 14.1. The summed E-state index contributed by atoms with van der Waals surface area (Å²) in [7, 11) is 1.61. The number of rotatable bonds is 9. The molecule has 0 aliphatic heterocycles. The van der Waals surface area contributed by atoms with Gasteiger partial charge in [-0.15, -0.1) is 0 Å². The van der Waals surface area contributed by atoms with Crippen LogP contribution >= 0.6 is 0 Å². The minimum atomic E-state index is -0.545. The number of nitrogens with one attached hydrogen (secondary N) is 1. The van der Waals surface area contributed by atoms with Crippen LogP contribution in [0, 0.1) is 0 Å². The summed E-state index contributed by atoms with van der Waals surface area (Å²) in [6, 6.07) is 13.6. The van der Waals surface area contributed by atoms with Crippen LogP contribution in [0.2, 0.25) is 0 Å². The zero-order valence-corrected chi connectivity index (χ0v) is 19.2. The third kappa shape index (κ3) is 6.68. The first-order valence-electron chi connectivity index (χ1n) is 10.5. The third-order valence-corrected chi connectivity index (χ3v) is 4.72. The molecule has 0 radical (unpaired) electrons. The van der Waals surface area contributed by atoms with Crippen LogP contribution in [-0.4, -0.2) is 25.2 Å².